The van der Waals surface area contributed by atoms with Crippen molar-refractivity contribution >= 4 is 11.5 Å². The minimum Gasteiger partial charge on any atom is -0.508 e. The molecule has 1 aromatic carbocycles. The number of hydrogen-bond donors (Lipinski definition) is 2. The van der Waals surface area contributed by atoms with Gasteiger partial charge in [0, 0.05) is 20.1 Å². The largest absolute Gasteiger partial charge is 0.508 e. The summed E-state index contributed by atoms with van der Waals surface area (Å²) in [6.45, 7) is 2.08. The highest BCUT2D eigenvalue weighted by Crippen LogP contribution is 2.21. The quantitative estimate of drug-likeness (QED) is 0.884. The molecule has 0 saturated heterocycles. The van der Waals surface area contributed by atoms with Crippen molar-refractivity contribution in [2.75, 3.05) is 24.3 Å². The van der Waals surface area contributed by atoms with Gasteiger partial charge in [0.1, 0.15) is 11.6 Å². The number of pyridine rings is 1. The number of hydrogen-bond acceptors (Lipinski definition) is 4. The molecule has 0 bridgehead atoms. The Kier molecular flexibility index (Phi) is 3.90. The Morgan fingerprint density at radius 1 is 1.11 bits per heavy atom. The molecule has 0 aliphatic carbocycles. The fraction of sp³-hybridized carbons (Fsp3) is 0.267. The highest BCUT2D eigenvalue weighted by molar-refractivity contribution is 5.49. The van der Waals surface area contributed by atoms with Crippen LogP contribution in [0.4, 0.5) is 11.5 Å². The maximum atomic E-state index is 9.28. The molecule has 0 aliphatic rings. The summed E-state index contributed by atoms with van der Waals surface area (Å²) in [6.07, 6.45) is 1.83. The molecule has 0 fully saturated rings. The molecule has 2 aromatic rings. The number of phenolic OH excluding ortho intramolecular Hbond substituents is 1. The summed E-state index contributed by atoms with van der Waals surface area (Å²) in [4.78, 5) is 6.33. The number of phenols is 1. The van der Waals surface area contributed by atoms with Crippen LogP contribution in [0.25, 0.3) is 0 Å². The zero-order valence-corrected chi connectivity index (χ0v) is 11.5. The molecular formula is C15H19N3O. The smallest absolute Gasteiger partial charge is 0.128 e. The van der Waals surface area contributed by atoms with Gasteiger partial charge in [-0.2, -0.15) is 0 Å². The van der Waals surface area contributed by atoms with E-state index < -0.39 is 0 Å². The van der Waals surface area contributed by atoms with E-state index in [1.165, 1.54) is 0 Å². The molecule has 1 aromatic heterocycles. The van der Waals surface area contributed by atoms with Gasteiger partial charge in [-0.25, -0.2) is 4.98 Å². The maximum Gasteiger partial charge on any atom is 0.128 e. The van der Waals surface area contributed by atoms with Crippen molar-refractivity contribution in [2.45, 2.75) is 13.0 Å². The average molecular weight is 257 g/mol. The SMILES string of the molecule is CC(Nc1ccc(N(C)C)nc1)c1ccc(O)cc1. The first kappa shape index (κ1) is 13.2. The predicted octanol–water partition coefficient (Wildman–Crippen LogP) is 3.03. The molecule has 0 saturated carbocycles. The van der Waals surface area contributed by atoms with Crippen LogP contribution in [-0.4, -0.2) is 24.2 Å². The standard InChI is InChI=1S/C15H19N3O/c1-11(12-4-7-14(19)8-5-12)17-13-6-9-15(16-10-13)18(2)3/h4-11,17,19H,1-3H3. The third-order valence-electron chi connectivity index (χ3n) is 2.98. The number of rotatable bonds is 4. The van der Waals surface area contributed by atoms with Gasteiger partial charge in [0.15, 0.2) is 0 Å². The molecule has 2 rings (SSSR count). The molecule has 0 radical (unpaired) electrons. The van der Waals surface area contributed by atoms with E-state index >= 15 is 0 Å². The van der Waals surface area contributed by atoms with Crippen molar-refractivity contribution in [3.63, 3.8) is 0 Å². The normalized spacial score (nSPS) is 11.9. The number of nitrogens with zero attached hydrogens (tertiary/aromatic N) is 2. The van der Waals surface area contributed by atoms with E-state index in [9.17, 15) is 5.11 Å². The Morgan fingerprint density at radius 2 is 1.79 bits per heavy atom. The van der Waals surface area contributed by atoms with Crippen LogP contribution in [-0.2, 0) is 0 Å². The Labute approximate surface area is 113 Å². The van der Waals surface area contributed by atoms with E-state index in [1.54, 1.807) is 12.1 Å². The molecule has 1 heterocycles. The van der Waals surface area contributed by atoms with E-state index in [4.69, 9.17) is 0 Å². The molecule has 4 nitrogen and oxygen atoms in total. The van der Waals surface area contributed by atoms with Crippen LogP contribution in [0, 0.1) is 0 Å². The summed E-state index contributed by atoms with van der Waals surface area (Å²) in [5.41, 5.74) is 2.10. The molecule has 4 heteroatoms. The van der Waals surface area contributed by atoms with Gasteiger partial charge in [-0.05, 0) is 36.8 Å². The first-order chi connectivity index (χ1) is 9.06. The number of benzene rings is 1. The van der Waals surface area contributed by atoms with E-state index in [0.717, 1.165) is 17.1 Å². The van der Waals surface area contributed by atoms with E-state index in [1.807, 2.05) is 49.5 Å². The summed E-state index contributed by atoms with van der Waals surface area (Å²) in [6, 6.07) is 11.4. The van der Waals surface area contributed by atoms with Gasteiger partial charge in [0.05, 0.1) is 11.9 Å². The zero-order chi connectivity index (χ0) is 13.8. The summed E-state index contributed by atoms with van der Waals surface area (Å²) in [5.74, 6) is 1.22. The molecule has 1 unspecified atom stereocenters. The van der Waals surface area contributed by atoms with Crippen LogP contribution in [0.5, 0.6) is 5.75 Å². The maximum absolute atomic E-state index is 9.28. The molecule has 0 aliphatic heterocycles. The van der Waals surface area contributed by atoms with E-state index in [2.05, 4.69) is 17.2 Å². The van der Waals surface area contributed by atoms with Gasteiger partial charge >= 0.3 is 0 Å². The van der Waals surface area contributed by atoms with Crippen LogP contribution in [0.15, 0.2) is 42.6 Å². The Morgan fingerprint density at radius 3 is 2.32 bits per heavy atom. The summed E-state index contributed by atoms with van der Waals surface area (Å²) >= 11 is 0. The molecule has 0 spiro atoms. The minimum atomic E-state index is 0.160. The van der Waals surface area contributed by atoms with E-state index in [0.29, 0.717) is 0 Å². The average Bonchev–Trinajstić information content (AvgIpc) is 2.40. The molecule has 1 atom stereocenters. The van der Waals surface area contributed by atoms with Crippen LogP contribution in [0.1, 0.15) is 18.5 Å². The third-order valence-corrected chi connectivity index (χ3v) is 2.98. The van der Waals surface area contributed by atoms with Gasteiger partial charge in [-0.3, -0.25) is 0 Å². The second-order valence-electron chi connectivity index (χ2n) is 4.76. The minimum absolute atomic E-state index is 0.160. The van der Waals surface area contributed by atoms with Gasteiger partial charge in [-0.1, -0.05) is 12.1 Å². The van der Waals surface area contributed by atoms with Crippen LogP contribution < -0.4 is 10.2 Å². The van der Waals surface area contributed by atoms with Crippen LogP contribution in [0.3, 0.4) is 0 Å². The van der Waals surface area contributed by atoms with Crippen molar-refractivity contribution in [1.29, 1.82) is 0 Å². The van der Waals surface area contributed by atoms with Gasteiger partial charge in [0.2, 0.25) is 0 Å². The molecule has 19 heavy (non-hydrogen) atoms. The van der Waals surface area contributed by atoms with E-state index in [-0.39, 0.29) is 11.8 Å². The fourth-order valence-corrected chi connectivity index (χ4v) is 1.83. The Bertz CT molecular complexity index is 520. The highest BCUT2D eigenvalue weighted by Gasteiger charge is 2.05. The predicted molar refractivity (Wildman–Crippen MR) is 78.7 cm³/mol. The van der Waals surface area contributed by atoms with Gasteiger partial charge in [0.25, 0.3) is 0 Å². The topological polar surface area (TPSA) is 48.4 Å². The highest BCUT2D eigenvalue weighted by atomic mass is 16.3. The molecular weight excluding hydrogens is 238 g/mol. The van der Waals surface area contributed by atoms with Crippen LogP contribution in [0.2, 0.25) is 0 Å². The number of nitrogens with one attached hydrogen (secondary N) is 1. The second kappa shape index (κ2) is 5.61. The lowest BCUT2D eigenvalue weighted by molar-refractivity contribution is 0.475. The van der Waals surface area contributed by atoms with Crippen molar-refractivity contribution in [3.8, 4) is 5.75 Å². The number of aromatic nitrogens is 1. The van der Waals surface area contributed by atoms with Gasteiger partial charge < -0.3 is 15.3 Å². The molecule has 2 N–H and O–H groups in total. The monoisotopic (exact) mass is 257 g/mol. The molecule has 100 valence electrons. The van der Waals surface area contributed by atoms with Gasteiger partial charge in [-0.15, -0.1) is 0 Å². The Hall–Kier alpha value is -2.23. The first-order valence-corrected chi connectivity index (χ1v) is 6.25. The summed E-state index contributed by atoms with van der Waals surface area (Å²) in [7, 11) is 3.93. The van der Waals surface area contributed by atoms with Crippen molar-refractivity contribution < 1.29 is 5.11 Å². The lowest BCUT2D eigenvalue weighted by atomic mass is 10.1. The lowest BCUT2D eigenvalue weighted by Crippen LogP contribution is -2.11. The van der Waals surface area contributed by atoms with Crippen molar-refractivity contribution in [1.82, 2.24) is 4.98 Å². The van der Waals surface area contributed by atoms with Crippen LogP contribution >= 0.6 is 0 Å². The lowest BCUT2D eigenvalue weighted by Gasteiger charge is -2.17. The van der Waals surface area contributed by atoms with Crippen molar-refractivity contribution in [3.05, 3.63) is 48.2 Å². The first-order valence-electron chi connectivity index (χ1n) is 6.25. The second-order valence-corrected chi connectivity index (χ2v) is 4.76. The third kappa shape index (κ3) is 3.37. The number of aromatic hydroxyl groups is 1. The zero-order valence-electron chi connectivity index (χ0n) is 11.5. The number of anilines is 2. The Balaban J connectivity index is 2.06. The van der Waals surface area contributed by atoms with Crippen molar-refractivity contribution in [2.24, 2.45) is 0 Å². The summed E-state index contributed by atoms with van der Waals surface area (Å²) < 4.78 is 0. The molecule has 0 amide bonds. The fourth-order valence-electron chi connectivity index (χ4n) is 1.83. The summed E-state index contributed by atoms with van der Waals surface area (Å²) in [5, 5.41) is 12.7.